The molecule has 1 nitrogen and oxygen atoms in total. The summed E-state index contributed by atoms with van der Waals surface area (Å²) in [6, 6.07) is 147. The summed E-state index contributed by atoms with van der Waals surface area (Å²) in [7, 11) is 0. The van der Waals surface area contributed by atoms with Crippen molar-refractivity contribution in [2.24, 2.45) is 0 Å². The Labute approximate surface area is 620 Å². The lowest BCUT2D eigenvalue weighted by Crippen LogP contribution is -1.96. The smallest absolute Gasteiger partial charge is 0.135 e. The molecule has 0 spiro atoms. The predicted octanol–water partition coefficient (Wildman–Crippen LogP) is 30.2. The largest absolute Gasteiger partial charge is 0.456 e. The average Bonchev–Trinajstić information content (AvgIpc) is 1.66. The molecule has 107 heavy (non-hydrogen) atoms. The van der Waals surface area contributed by atoms with Crippen LogP contribution >= 0.6 is 0 Å². The zero-order valence-corrected chi connectivity index (χ0v) is 58.7. The van der Waals surface area contributed by atoms with Gasteiger partial charge in [-0.1, -0.05) is 376 Å². The highest BCUT2D eigenvalue weighted by Gasteiger charge is 2.23. The Bertz CT molecular complexity index is 6930. The first-order valence-corrected chi connectivity index (χ1v) is 36.9. The van der Waals surface area contributed by atoms with Gasteiger partial charge in [0, 0.05) is 10.9 Å². The lowest BCUT2D eigenvalue weighted by atomic mass is 9.95. The fourth-order valence-electron chi connectivity index (χ4n) is 17.0. The molecular formula is C106H68O. The number of rotatable bonds is 0. The van der Waals surface area contributed by atoms with Crippen LogP contribution in [0.4, 0.5) is 0 Å². The van der Waals surface area contributed by atoms with Crippen LogP contribution < -0.4 is 4.74 Å². The van der Waals surface area contributed by atoms with Gasteiger partial charge in [-0.25, -0.2) is 0 Å². The summed E-state index contributed by atoms with van der Waals surface area (Å²) in [5, 5.41) is 34.4. The summed E-state index contributed by atoms with van der Waals surface area (Å²) >= 11 is 0. The second-order valence-electron chi connectivity index (χ2n) is 28.0. The number of benzene rings is 22. The van der Waals surface area contributed by atoms with Crippen LogP contribution in [0.1, 0.15) is 0 Å². The molecule has 2 aliphatic carbocycles. The fourth-order valence-corrected chi connectivity index (χ4v) is 17.0. The van der Waals surface area contributed by atoms with Crippen molar-refractivity contribution in [3.05, 3.63) is 413 Å². The lowest BCUT2D eigenvalue weighted by molar-refractivity contribution is 0.487. The standard InChI is InChI=1S/C20H12.3C18H12.C16H10O.C16H10/c1-2-6-15-12-19-17-10-4-8-13-7-3-9-16(20(13)17)18(19)11-14(15)5-1;1-3-7-16-13(5-1)9-11-15-12-10-14-6-2-4-8-17(14)18(15)16;1-3-7-15-13(5-1)9-11-18-16-8-4-2-6-14(16)10-12-17(15)18;1-2-7-15-12-18-16(11-14(15)6-1)10-9-13-5-3-4-8-17(13)18;1-2-9-14-12(7-1)13-8-3-5-11-6-4-10-15(17-14)16(11)13;1-2-8-13-12(7-1)14-9-3-5-11-6-4-10-15(13)16(11)14/h1-12H;3*1-12H;1-10H;1-10H. The highest BCUT2D eigenvalue weighted by atomic mass is 16.5. The molecule has 0 amide bonds. The van der Waals surface area contributed by atoms with E-state index in [2.05, 4.69) is 388 Å². The minimum atomic E-state index is 0.943. The highest BCUT2D eigenvalue weighted by molar-refractivity contribution is 6.22. The summed E-state index contributed by atoms with van der Waals surface area (Å²) in [4.78, 5) is 0. The second-order valence-corrected chi connectivity index (χ2v) is 28.0. The lowest BCUT2D eigenvalue weighted by Gasteiger charge is -2.20. The van der Waals surface area contributed by atoms with Gasteiger partial charge in [0.05, 0.1) is 0 Å². The minimum Gasteiger partial charge on any atom is -0.456 e. The first kappa shape index (κ1) is 62.8. The summed E-state index contributed by atoms with van der Waals surface area (Å²) in [6.07, 6.45) is 0. The van der Waals surface area contributed by atoms with Crippen molar-refractivity contribution < 1.29 is 4.74 Å². The van der Waals surface area contributed by atoms with E-state index >= 15 is 0 Å². The molecule has 25 rings (SSSR count). The van der Waals surface area contributed by atoms with E-state index in [1.54, 1.807) is 0 Å². The third-order valence-corrected chi connectivity index (χ3v) is 21.9. The number of hydrogen-bond acceptors (Lipinski definition) is 1. The van der Waals surface area contributed by atoms with Crippen LogP contribution in [0, 0.1) is 0 Å². The monoisotopic (exact) mass is 1360 g/mol. The molecule has 0 radical (unpaired) electrons. The zero-order chi connectivity index (χ0) is 70.7. The topological polar surface area (TPSA) is 9.23 Å². The van der Waals surface area contributed by atoms with Gasteiger partial charge in [-0.3, -0.25) is 0 Å². The van der Waals surface area contributed by atoms with E-state index in [0.717, 1.165) is 11.5 Å². The van der Waals surface area contributed by atoms with Gasteiger partial charge in [0.25, 0.3) is 0 Å². The molecule has 498 valence electrons. The Morgan fingerprint density at radius 2 is 0.383 bits per heavy atom. The third kappa shape index (κ3) is 11.2. The Hall–Kier alpha value is -14.0. The van der Waals surface area contributed by atoms with E-state index in [1.165, 1.54) is 196 Å². The number of hydrogen-bond donors (Lipinski definition) is 0. The molecule has 0 saturated heterocycles. The van der Waals surface area contributed by atoms with Crippen LogP contribution in [0.2, 0.25) is 0 Å². The van der Waals surface area contributed by atoms with Gasteiger partial charge < -0.3 is 4.74 Å². The Morgan fingerprint density at radius 3 is 0.850 bits per heavy atom. The maximum absolute atomic E-state index is 5.95. The molecule has 0 atom stereocenters. The Kier molecular flexibility index (Phi) is 15.7. The predicted molar refractivity (Wildman–Crippen MR) is 461 cm³/mol. The highest BCUT2D eigenvalue weighted by Crippen LogP contribution is 2.50. The van der Waals surface area contributed by atoms with Gasteiger partial charge in [-0.2, -0.15) is 0 Å². The SMILES string of the molecule is c1ccc2c(c1)-c1cccc3cccc-2c13.c1ccc2c(c1)Oc1cccc3cccc-2c13.c1ccc2c(c1)ccc1c3ccccc3ccc21.c1ccc2c(c1)ccc1ccc3ccccc3c12.c1ccc2cc3c(cc2c1)-c1cccc2cccc-3c12.c1ccc2cc3c(ccc4ccccc43)cc2c1. The summed E-state index contributed by atoms with van der Waals surface area (Å²) in [6.45, 7) is 0. The molecule has 22 aromatic carbocycles. The molecule has 22 aromatic rings. The summed E-state index contributed by atoms with van der Waals surface area (Å²) in [5.74, 6) is 1.90. The van der Waals surface area contributed by atoms with Crippen molar-refractivity contribution in [1.29, 1.82) is 0 Å². The van der Waals surface area contributed by atoms with Crippen LogP contribution in [0.5, 0.6) is 11.5 Å². The maximum Gasteiger partial charge on any atom is 0.135 e. The normalized spacial score (nSPS) is 11.6. The number of para-hydroxylation sites is 1. The van der Waals surface area contributed by atoms with Crippen LogP contribution in [0.25, 0.3) is 196 Å². The molecule has 1 heteroatoms. The van der Waals surface area contributed by atoms with E-state index in [1.807, 2.05) is 24.3 Å². The van der Waals surface area contributed by atoms with Crippen molar-refractivity contribution in [3.63, 3.8) is 0 Å². The van der Waals surface area contributed by atoms with Crippen LogP contribution in [0.3, 0.4) is 0 Å². The van der Waals surface area contributed by atoms with Crippen LogP contribution in [-0.2, 0) is 0 Å². The van der Waals surface area contributed by atoms with E-state index in [-0.39, 0.29) is 0 Å². The molecule has 1 aliphatic heterocycles. The van der Waals surface area contributed by atoms with Crippen molar-refractivity contribution >= 4 is 140 Å². The van der Waals surface area contributed by atoms with Crippen LogP contribution in [0.15, 0.2) is 413 Å². The zero-order valence-electron chi connectivity index (χ0n) is 58.7. The van der Waals surface area contributed by atoms with Gasteiger partial charge in [-0.15, -0.1) is 0 Å². The minimum absolute atomic E-state index is 0.943. The van der Waals surface area contributed by atoms with E-state index in [0.29, 0.717) is 0 Å². The van der Waals surface area contributed by atoms with Crippen molar-refractivity contribution in [2.75, 3.05) is 0 Å². The summed E-state index contributed by atoms with van der Waals surface area (Å²) < 4.78 is 5.95. The quantitative estimate of drug-likeness (QED) is 0.109. The van der Waals surface area contributed by atoms with Gasteiger partial charge in [0.1, 0.15) is 11.5 Å². The maximum atomic E-state index is 5.95. The molecule has 0 bridgehead atoms. The van der Waals surface area contributed by atoms with Gasteiger partial charge in [-0.05, 0) is 221 Å². The average molecular weight is 1360 g/mol. The fraction of sp³-hybridized carbons (Fsp3) is 0. The van der Waals surface area contributed by atoms with Crippen LogP contribution in [-0.4, -0.2) is 0 Å². The third-order valence-electron chi connectivity index (χ3n) is 21.9. The first-order valence-electron chi connectivity index (χ1n) is 36.9. The molecule has 0 unspecified atom stereocenters. The molecule has 0 fully saturated rings. The van der Waals surface area contributed by atoms with Crippen molar-refractivity contribution in [1.82, 2.24) is 0 Å². The second kappa shape index (κ2) is 26.7. The van der Waals surface area contributed by atoms with E-state index < -0.39 is 0 Å². The van der Waals surface area contributed by atoms with Gasteiger partial charge in [0.2, 0.25) is 0 Å². The van der Waals surface area contributed by atoms with Gasteiger partial charge in [0.15, 0.2) is 0 Å². The van der Waals surface area contributed by atoms with Crippen molar-refractivity contribution in [3.8, 4) is 67.1 Å². The Balaban J connectivity index is 0.0000000849. The molecule has 0 saturated carbocycles. The Morgan fingerprint density at radius 1 is 0.112 bits per heavy atom. The molecule has 3 aliphatic rings. The molecule has 0 N–H and O–H groups in total. The molecule has 1 heterocycles. The van der Waals surface area contributed by atoms with Gasteiger partial charge >= 0.3 is 0 Å². The van der Waals surface area contributed by atoms with E-state index in [4.69, 9.17) is 4.74 Å². The first-order chi connectivity index (χ1) is 53.1. The summed E-state index contributed by atoms with van der Waals surface area (Å²) in [5.41, 5.74) is 13.4. The number of ether oxygens (including phenoxy) is 1. The van der Waals surface area contributed by atoms with E-state index in [9.17, 15) is 0 Å². The molecule has 0 aromatic heterocycles. The molecular weight excluding hydrogens is 1290 g/mol. The number of fused-ring (bicyclic) bond motifs is 23. The van der Waals surface area contributed by atoms with Crippen molar-refractivity contribution in [2.45, 2.75) is 0 Å².